The molecule has 1 N–H and O–H groups in total. The van der Waals surface area contributed by atoms with Gasteiger partial charge < -0.3 is 15.0 Å². The number of aromatic nitrogens is 1. The molecule has 0 aromatic carbocycles. The van der Waals surface area contributed by atoms with Crippen LogP contribution in [0.2, 0.25) is 0 Å². The van der Waals surface area contributed by atoms with Crippen LogP contribution in [0.4, 0.5) is 0 Å². The van der Waals surface area contributed by atoms with Gasteiger partial charge in [-0.3, -0.25) is 4.99 Å². The topological polar surface area (TPSA) is 49.8 Å². The first-order valence-corrected chi connectivity index (χ1v) is 7.18. The van der Waals surface area contributed by atoms with E-state index in [1.807, 2.05) is 25.2 Å². The van der Waals surface area contributed by atoms with Gasteiger partial charge >= 0.3 is 0 Å². The van der Waals surface area contributed by atoms with Gasteiger partial charge in [0.1, 0.15) is 0 Å². The molecule has 6 heteroatoms. The van der Waals surface area contributed by atoms with Gasteiger partial charge in [0.25, 0.3) is 0 Å². The van der Waals surface area contributed by atoms with Crippen LogP contribution in [0.1, 0.15) is 25.5 Å². The monoisotopic (exact) mass is 404 g/mol. The normalized spacial score (nSPS) is 16.3. The summed E-state index contributed by atoms with van der Waals surface area (Å²) in [6.07, 6.45) is 2.47. The molecule has 2 heterocycles. The van der Waals surface area contributed by atoms with Gasteiger partial charge in [0.05, 0.1) is 19.3 Å². The summed E-state index contributed by atoms with van der Waals surface area (Å²) < 4.78 is 5.14. The van der Waals surface area contributed by atoms with Gasteiger partial charge in [0, 0.05) is 26.2 Å². The quantitative estimate of drug-likeness (QED) is 0.478. The van der Waals surface area contributed by atoms with E-state index in [0.717, 1.165) is 30.7 Å². The summed E-state index contributed by atoms with van der Waals surface area (Å²) in [6.45, 7) is 5.13. The van der Waals surface area contributed by atoms with Crippen molar-refractivity contribution in [1.82, 2.24) is 15.2 Å². The molecule has 0 aliphatic carbocycles. The summed E-state index contributed by atoms with van der Waals surface area (Å²) in [5, 5.41) is 3.38. The van der Waals surface area contributed by atoms with E-state index in [4.69, 9.17) is 4.74 Å². The van der Waals surface area contributed by atoms with Gasteiger partial charge in [0.2, 0.25) is 5.88 Å². The van der Waals surface area contributed by atoms with Crippen molar-refractivity contribution in [3.8, 4) is 5.88 Å². The number of pyridine rings is 1. The molecule has 0 atom stereocenters. The molecule has 0 radical (unpaired) electrons. The number of nitrogens with one attached hydrogen (secondary N) is 1. The number of likely N-dealkylation sites (tertiary alicyclic amines) is 1. The molecule has 0 saturated carbocycles. The molecule has 1 fully saturated rings. The highest BCUT2D eigenvalue weighted by Gasteiger charge is 2.18. The first-order valence-electron chi connectivity index (χ1n) is 7.18. The fourth-order valence-corrected chi connectivity index (χ4v) is 2.39. The highest BCUT2D eigenvalue weighted by Crippen LogP contribution is 2.16. The van der Waals surface area contributed by atoms with Crippen LogP contribution in [0.15, 0.2) is 23.2 Å². The van der Waals surface area contributed by atoms with E-state index in [2.05, 4.69) is 27.1 Å². The third-order valence-electron chi connectivity index (χ3n) is 3.71. The molecule has 118 valence electrons. The van der Waals surface area contributed by atoms with E-state index < -0.39 is 0 Å². The number of halogens is 1. The van der Waals surface area contributed by atoms with E-state index in [1.54, 1.807) is 7.11 Å². The Kier molecular flexibility index (Phi) is 7.77. The van der Waals surface area contributed by atoms with Gasteiger partial charge in [-0.15, -0.1) is 24.0 Å². The standard InChI is InChI=1S/C15H24N4O.HI/c1-12-7-9-19(10-8-12)15(16-2)17-11-13-5-4-6-14(18-13)20-3;/h4-6,12H,7-11H2,1-3H3,(H,16,17);1H. The number of piperidine rings is 1. The van der Waals surface area contributed by atoms with Crippen molar-refractivity contribution in [2.75, 3.05) is 27.2 Å². The van der Waals surface area contributed by atoms with Gasteiger partial charge in [-0.05, 0) is 24.8 Å². The summed E-state index contributed by atoms with van der Waals surface area (Å²) in [7, 11) is 3.47. The average molecular weight is 404 g/mol. The minimum Gasteiger partial charge on any atom is -0.481 e. The zero-order chi connectivity index (χ0) is 14.4. The van der Waals surface area contributed by atoms with Gasteiger partial charge in [-0.25, -0.2) is 4.98 Å². The largest absolute Gasteiger partial charge is 0.481 e. The van der Waals surface area contributed by atoms with Crippen molar-refractivity contribution in [3.05, 3.63) is 23.9 Å². The third kappa shape index (κ3) is 5.33. The maximum Gasteiger partial charge on any atom is 0.213 e. The van der Waals surface area contributed by atoms with E-state index in [1.165, 1.54) is 12.8 Å². The Morgan fingerprint density at radius 3 is 2.76 bits per heavy atom. The zero-order valence-corrected chi connectivity index (χ0v) is 15.3. The number of hydrogen-bond acceptors (Lipinski definition) is 3. The van der Waals surface area contributed by atoms with E-state index in [9.17, 15) is 0 Å². The minimum absolute atomic E-state index is 0. The van der Waals surface area contributed by atoms with Crippen molar-refractivity contribution in [2.24, 2.45) is 10.9 Å². The molecule has 1 saturated heterocycles. The Hall–Kier alpha value is -1.05. The minimum atomic E-state index is 0. The highest BCUT2D eigenvalue weighted by molar-refractivity contribution is 14.0. The second-order valence-electron chi connectivity index (χ2n) is 5.24. The first kappa shape index (κ1) is 18.0. The maximum atomic E-state index is 5.14. The molecule has 0 unspecified atom stereocenters. The SMILES string of the molecule is CN=C(NCc1cccc(OC)n1)N1CCC(C)CC1.I. The Labute approximate surface area is 144 Å². The number of guanidine groups is 1. The predicted molar refractivity (Wildman–Crippen MR) is 96.4 cm³/mol. The third-order valence-corrected chi connectivity index (χ3v) is 3.71. The van der Waals surface area contributed by atoms with Crippen LogP contribution in [0.25, 0.3) is 0 Å². The molecule has 21 heavy (non-hydrogen) atoms. The molecule has 1 aromatic heterocycles. The molecule has 1 aromatic rings. The molecule has 5 nitrogen and oxygen atoms in total. The Balaban J connectivity index is 0.00000220. The number of hydrogen-bond donors (Lipinski definition) is 1. The van der Waals surface area contributed by atoms with Crippen molar-refractivity contribution < 1.29 is 4.74 Å². The van der Waals surface area contributed by atoms with Crippen LogP contribution in [-0.2, 0) is 6.54 Å². The molecule has 1 aliphatic heterocycles. The fraction of sp³-hybridized carbons (Fsp3) is 0.600. The molecule has 0 amide bonds. The van der Waals surface area contributed by atoms with Crippen LogP contribution in [0.5, 0.6) is 5.88 Å². The van der Waals surface area contributed by atoms with E-state index >= 15 is 0 Å². The average Bonchev–Trinajstić information content (AvgIpc) is 2.50. The number of nitrogens with zero attached hydrogens (tertiary/aromatic N) is 3. The Bertz CT molecular complexity index is 459. The van der Waals surface area contributed by atoms with Crippen molar-refractivity contribution in [2.45, 2.75) is 26.3 Å². The van der Waals surface area contributed by atoms with E-state index in [0.29, 0.717) is 12.4 Å². The summed E-state index contributed by atoms with van der Waals surface area (Å²) >= 11 is 0. The van der Waals surface area contributed by atoms with Crippen molar-refractivity contribution >= 4 is 29.9 Å². The van der Waals surface area contributed by atoms with Gasteiger partial charge in [0.15, 0.2) is 5.96 Å². The fourth-order valence-electron chi connectivity index (χ4n) is 2.39. The molecule has 1 aliphatic rings. The lowest BCUT2D eigenvalue weighted by atomic mass is 10.00. The number of ether oxygens (including phenoxy) is 1. The van der Waals surface area contributed by atoms with Crippen molar-refractivity contribution in [3.63, 3.8) is 0 Å². The number of rotatable bonds is 3. The Morgan fingerprint density at radius 1 is 1.43 bits per heavy atom. The second-order valence-corrected chi connectivity index (χ2v) is 5.24. The van der Waals surface area contributed by atoms with Crippen LogP contribution < -0.4 is 10.1 Å². The van der Waals surface area contributed by atoms with Crippen LogP contribution in [0, 0.1) is 5.92 Å². The smallest absolute Gasteiger partial charge is 0.213 e. The molecular formula is C15H25IN4O. The molecule has 0 bridgehead atoms. The molecule has 2 rings (SSSR count). The summed E-state index contributed by atoms with van der Waals surface area (Å²) in [4.78, 5) is 11.1. The van der Waals surface area contributed by atoms with E-state index in [-0.39, 0.29) is 24.0 Å². The first-order chi connectivity index (χ1) is 9.72. The summed E-state index contributed by atoms with van der Waals surface area (Å²) in [5.74, 6) is 2.43. The molecular weight excluding hydrogens is 379 g/mol. The maximum absolute atomic E-state index is 5.14. The number of methoxy groups -OCH3 is 1. The predicted octanol–water partition coefficient (Wildman–Crippen LogP) is 2.52. The van der Waals surface area contributed by atoms with Gasteiger partial charge in [-0.1, -0.05) is 13.0 Å². The lowest BCUT2D eigenvalue weighted by molar-refractivity contribution is 0.273. The highest BCUT2D eigenvalue weighted by atomic mass is 127. The van der Waals surface area contributed by atoms with Crippen LogP contribution in [-0.4, -0.2) is 43.1 Å². The lowest BCUT2D eigenvalue weighted by Gasteiger charge is -2.32. The van der Waals surface area contributed by atoms with Crippen molar-refractivity contribution in [1.29, 1.82) is 0 Å². The number of aliphatic imine (C=N–C) groups is 1. The zero-order valence-electron chi connectivity index (χ0n) is 13.0. The van der Waals surface area contributed by atoms with Gasteiger partial charge in [-0.2, -0.15) is 0 Å². The summed E-state index contributed by atoms with van der Waals surface area (Å²) in [6, 6.07) is 5.79. The lowest BCUT2D eigenvalue weighted by Crippen LogP contribution is -2.45. The van der Waals surface area contributed by atoms with Crippen LogP contribution in [0.3, 0.4) is 0 Å². The van der Waals surface area contributed by atoms with Crippen LogP contribution >= 0.6 is 24.0 Å². The Morgan fingerprint density at radius 2 is 2.14 bits per heavy atom. The summed E-state index contributed by atoms with van der Waals surface area (Å²) in [5.41, 5.74) is 0.955. The molecule has 0 spiro atoms. The second kappa shape index (κ2) is 9.07.